The number of carbonyl (C=O) groups is 3. The zero-order chi connectivity index (χ0) is 28.2. The largest absolute Gasteiger partial charge is 0.416 e. The summed E-state index contributed by atoms with van der Waals surface area (Å²) in [7, 11) is 0. The minimum atomic E-state index is -4.77. The van der Waals surface area contributed by atoms with Crippen LogP contribution in [-0.4, -0.2) is 29.2 Å². The third-order valence-corrected chi connectivity index (χ3v) is 6.87. The molecule has 1 aliphatic carbocycles. The minimum Gasteiger partial charge on any atom is -0.352 e. The van der Waals surface area contributed by atoms with Gasteiger partial charge in [-0.1, -0.05) is 36.4 Å². The van der Waals surface area contributed by atoms with Crippen molar-refractivity contribution in [2.45, 2.75) is 31.9 Å². The molecule has 0 spiro atoms. The molecule has 12 heteroatoms. The Morgan fingerprint density at radius 1 is 0.872 bits per heavy atom. The number of carbonyl (C=O) groups excluding carboxylic acids is 3. The molecule has 0 aromatic heterocycles. The molecule has 3 amide bonds. The number of hydrogen-bond acceptors (Lipinski definition) is 5. The van der Waals surface area contributed by atoms with Crippen molar-refractivity contribution in [3.63, 3.8) is 0 Å². The molecule has 1 saturated carbocycles. The van der Waals surface area contributed by atoms with E-state index in [9.17, 15) is 37.7 Å². The fourth-order valence-electron chi connectivity index (χ4n) is 4.72. The smallest absolute Gasteiger partial charge is 0.352 e. The molecule has 0 saturated heterocycles. The lowest BCUT2D eigenvalue weighted by Gasteiger charge is -2.28. The minimum absolute atomic E-state index is 0.0169. The summed E-state index contributed by atoms with van der Waals surface area (Å²) in [5, 5.41) is 15.5. The van der Waals surface area contributed by atoms with Gasteiger partial charge in [0.05, 0.1) is 10.5 Å². The summed E-state index contributed by atoms with van der Waals surface area (Å²) in [6.07, 6.45) is -2.63. The molecule has 204 valence electrons. The number of alkyl halides is 3. The second kappa shape index (κ2) is 11.5. The lowest BCUT2D eigenvalue weighted by atomic mass is 9.81. The van der Waals surface area contributed by atoms with Gasteiger partial charge >= 0.3 is 6.18 Å². The number of benzene rings is 3. The van der Waals surface area contributed by atoms with Crippen LogP contribution in [0, 0.1) is 22.0 Å². The van der Waals surface area contributed by atoms with Crippen LogP contribution in [-0.2, 0) is 11.0 Å². The standard InChI is InChI=1S/C27H25F3N4O5/c28-27(29,30)19-12-13-22(23(14-19)34(38)39)25(36)31-15-16-8-10-18(11-9-16)24(35)32-33-26(37)21-7-3-5-17-4-1-2-6-20(17)21/h1-7,12-14,16,18H,8-11,15H2,(H,31,36)(H,32,35)(H,33,37). The van der Waals surface area contributed by atoms with Crippen LogP contribution in [0.25, 0.3) is 10.8 Å². The van der Waals surface area contributed by atoms with Crippen molar-refractivity contribution in [1.82, 2.24) is 16.2 Å². The van der Waals surface area contributed by atoms with Crippen molar-refractivity contribution in [2.75, 3.05) is 6.54 Å². The fourth-order valence-corrected chi connectivity index (χ4v) is 4.72. The molecular formula is C27H25F3N4O5. The number of hydrazine groups is 1. The van der Waals surface area contributed by atoms with Gasteiger partial charge in [0.15, 0.2) is 0 Å². The van der Waals surface area contributed by atoms with E-state index in [-0.39, 0.29) is 24.3 Å². The van der Waals surface area contributed by atoms with E-state index in [2.05, 4.69) is 16.2 Å². The second-order valence-corrected chi connectivity index (χ2v) is 9.38. The molecule has 3 N–H and O–H groups in total. The first-order valence-corrected chi connectivity index (χ1v) is 12.3. The fraction of sp³-hybridized carbons (Fsp3) is 0.296. The Morgan fingerprint density at radius 2 is 1.56 bits per heavy atom. The van der Waals surface area contributed by atoms with Gasteiger partial charge in [-0.3, -0.25) is 35.3 Å². The Morgan fingerprint density at radius 3 is 2.26 bits per heavy atom. The third kappa shape index (κ3) is 6.51. The summed E-state index contributed by atoms with van der Waals surface area (Å²) in [5.41, 5.74) is 2.79. The molecular weight excluding hydrogens is 517 g/mol. The summed E-state index contributed by atoms with van der Waals surface area (Å²) in [6, 6.07) is 14.5. The molecule has 1 fully saturated rings. The van der Waals surface area contributed by atoms with E-state index in [0.717, 1.165) is 16.8 Å². The van der Waals surface area contributed by atoms with Crippen LogP contribution >= 0.6 is 0 Å². The molecule has 0 bridgehead atoms. The number of fused-ring (bicyclic) bond motifs is 1. The number of nitrogens with one attached hydrogen (secondary N) is 3. The average Bonchev–Trinajstić information content (AvgIpc) is 2.93. The van der Waals surface area contributed by atoms with E-state index in [1.165, 1.54) is 0 Å². The number of nitrogens with zero attached hydrogens (tertiary/aromatic N) is 1. The van der Waals surface area contributed by atoms with Gasteiger partial charge in [-0.25, -0.2) is 0 Å². The number of hydrogen-bond donors (Lipinski definition) is 3. The predicted octanol–water partition coefficient (Wildman–Crippen LogP) is 4.76. The van der Waals surface area contributed by atoms with Crippen molar-refractivity contribution >= 4 is 34.2 Å². The Hall–Kier alpha value is -4.48. The number of nitro groups is 1. The molecule has 0 unspecified atom stereocenters. The Labute approximate surface area is 220 Å². The summed E-state index contributed by atoms with van der Waals surface area (Å²) >= 11 is 0. The predicted molar refractivity (Wildman–Crippen MR) is 135 cm³/mol. The van der Waals surface area contributed by atoms with Gasteiger partial charge in [0, 0.05) is 24.1 Å². The molecule has 0 radical (unpaired) electrons. The highest BCUT2D eigenvalue weighted by molar-refractivity contribution is 6.07. The number of nitro benzene ring substituents is 1. The van der Waals surface area contributed by atoms with Gasteiger partial charge in [0.1, 0.15) is 5.56 Å². The topological polar surface area (TPSA) is 130 Å². The van der Waals surface area contributed by atoms with Crippen LogP contribution in [0.1, 0.15) is 52.0 Å². The maximum atomic E-state index is 12.9. The van der Waals surface area contributed by atoms with Crippen LogP contribution in [0.3, 0.4) is 0 Å². The molecule has 4 rings (SSSR count). The van der Waals surface area contributed by atoms with Crippen molar-refractivity contribution in [2.24, 2.45) is 11.8 Å². The lowest BCUT2D eigenvalue weighted by molar-refractivity contribution is -0.385. The van der Waals surface area contributed by atoms with E-state index in [0.29, 0.717) is 43.4 Å². The summed E-state index contributed by atoms with van der Waals surface area (Å²) in [6.45, 7) is 0.156. The summed E-state index contributed by atoms with van der Waals surface area (Å²) < 4.78 is 38.7. The van der Waals surface area contributed by atoms with Crippen molar-refractivity contribution < 1.29 is 32.5 Å². The van der Waals surface area contributed by atoms with E-state index in [4.69, 9.17) is 0 Å². The second-order valence-electron chi connectivity index (χ2n) is 9.38. The number of rotatable bonds is 6. The number of amides is 3. The van der Waals surface area contributed by atoms with Gasteiger partial charge in [-0.2, -0.15) is 13.2 Å². The van der Waals surface area contributed by atoms with Gasteiger partial charge in [0.25, 0.3) is 17.5 Å². The van der Waals surface area contributed by atoms with Crippen LogP contribution < -0.4 is 16.2 Å². The number of halogens is 3. The normalized spacial score (nSPS) is 17.3. The molecule has 0 heterocycles. The van der Waals surface area contributed by atoms with Crippen molar-refractivity contribution in [3.8, 4) is 0 Å². The Bertz CT molecular complexity index is 1410. The van der Waals surface area contributed by atoms with E-state index < -0.39 is 39.7 Å². The van der Waals surface area contributed by atoms with E-state index in [1.54, 1.807) is 12.1 Å². The SMILES string of the molecule is O=C(NCC1CCC(C(=O)NNC(=O)c2cccc3ccccc23)CC1)c1ccc(C(F)(F)F)cc1[N+](=O)[O-]. The van der Waals surface area contributed by atoms with Crippen LogP contribution in [0.15, 0.2) is 60.7 Å². The highest BCUT2D eigenvalue weighted by atomic mass is 19.4. The van der Waals surface area contributed by atoms with Crippen molar-refractivity contribution in [1.29, 1.82) is 0 Å². The molecule has 3 aromatic carbocycles. The zero-order valence-electron chi connectivity index (χ0n) is 20.6. The van der Waals surface area contributed by atoms with E-state index in [1.807, 2.05) is 30.3 Å². The van der Waals surface area contributed by atoms with Crippen molar-refractivity contribution in [3.05, 3.63) is 87.5 Å². The van der Waals surface area contributed by atoms with Gasteiger partial charge in [0.2, 0.25) is 5.91 Å². The Balaban J connectivity index is 1.26. The van der Waals surface area contributed by atoms with Gasteiger partial charge in [-0.05, 0) is 60.6 Å². The van der Waals surface area contributed by atoms with Crippen LogP contribution in [0.5, 0.6) is 0 Å². The first kappa shape index (κ1) is 27.6. The molecule has 39 heavy (non-hydrogen) atoms. The quantitative estimate of drug-likeness (QED) is 0.305. The first-order valence-electron chi connectivity index (χ1n) is 12.3. The third-order valence-electron chi connectivity index (χ3n) is 6.87. The maximum Gasteiger partial charge on any atom is 0.416 e. The monoisotopic (exact) mass is 542 g/mol. The van der Waals surface area contributed by atoms with E-state index >= 15 is 0 Å². The molecule has 3 aromatic rings. The highest BCUT2D eigenvalue weighted by Gasteiger charge is 2.34. The molecule has 1 aliphatic rings. The highest BCUT2D eigenvalue weighted by Crippen LogP contribution is 2.33. The molecule has 9 nitrogen and oxygen atoms in total. The zero-order valence-corrected chi connectivity index (χ0v) is 20.6. The first-order chi connectivity index (χ1) is 18.5. The summed E-state index contributed by atoms with van der Waals surface area (Å²) in [4.78, 5) is 48.0. The maximum absolute atomic E-state index is 12.9. The molecule has 0 aliphatic heterocycles. The van der Waals surface area contributed by atoms with Gasteiger partial charge < -0.3 is 5.32 Å². The van der Waals surface area contributed by atoms with Gasteiger partial charge in [-0.15, -0.1) is 0 Å². The Kier molecular flexibility index (Phi) is 8.12. The lowest BCUT2D eigenvalue weighted by Crippen LogP contribution is -2.45. The molecule has 0 atom stereocenters. The summed E-state index contributed by atoms with van der Waals surface area (Å²) in [5.74, 6) is -1.97. The van der Waals surface area contributed by atoms with Crippen LogP contribution in [0.4, 0.5) is 18.9 Å². The average molecular weight is 543 g/mol. The van der Waals surface area contributed by atoms with Crippen LogP contribution in [0.2, 0.25) is 0 Å².